The molecule has 2 aromatic heterocycles. The first-order valence-corrected chi connectivity index (χ1v) is 7.47. The predicted octanol–water partition coefficient (Wildman–Crippen LogP) is 1.19. The fourth-order valence-electron chi connectivity index (χ4n) is 2.55. The molecule has 3 rings (SSSR count). The van der Waals surface area contributed by atoms with Crippen LogP contribution in [-0.4, -0.2) is 38.7 Å². The largest absolute Gasteiger partial charge is 0.366 e. The van der Waals surface area contributed by atoms with Crippen molar-refractivity contribution < 1.29 is 4.79 Å². The maximum absolute atomic E-state index is 11.1. The van der Waals surface area contributed by atoms with Gasteiger partial charge in [0.1, 0.15) is 0 Å². The van der Waals surface area contributed by atoms with Crippen LogP contribution < -0.4 is 5.73 Å². The summed E-state index contributed by atoms with van der Waals surface area (Å²) in [4.78, 5) is 17.9. The van der Waals surface area contributed by atoms with Gasteiger partial charge in [-0.1, -0.05) is 0 Å². The van der Waals surface area contributed by atoms with Crippen molar-refractivity contribution in [2.75, 3.05) is 13.1 Å². The zero-order valence-electron chi connectivity index (χ0n) is 11.3. The van der Waals surface area contributed by atoms with Crippen molar-refractivity contribution >= 4 is 17.2 Å². The summed E-state index contributed by atoms with van der Waals surface area (Å²) in [6.07, 6.45) is 4.31. The molecule has 2 aromatic rings. The van der Waals surface area contributed by atoms with Gasteiger partial charge in [-0.15, -0.1) is 11.3 Å². The predicted molar refractivity (Wildman–Crippen MR) is 76.5 cm³/mol. The second-order valence-electron chi connectivity index (χ2n) is 5.11. The highest BCUT2D eigenvalue weighted by molar-refractivity contribution is 7.09. The minimum Gasteiger partial charge on any atom is -0.366 e. The summed E-state index contributed by atoms with van der Waals surface area (Å²) in [6.45, 7) is 4.85. The molecule has 0 aromatic carbocycles. The van der Waals surface area contributed by atoms with Crippen molar-refractivity contribution in [3.8, 4) is 0 Å². The van der Waals surface area contributed by atoms with Gasteiger partial charge in [0.05, 0.1) is 28.5 Å². The molecular formula is C13H17N5OS. The second-order valence-corrected chi connectivity index (χ2v) is 6.17. The van der Waals surface area contributed by atoms with Crippen molar-refractivity contribution in [1.82, 2.24) is 19.7 Å². The maximum Gasteiger partial charge on any atom is 0.251 e. The lowest BCUT2D eigenvalue weighted by atomic mass is 10.3. The molecular weight excluding hydrogens is 274 g/mol. The first kappa shape index (κ1) is 13.3. The van der Waals surface area contributed by atoms with E-state index in [1.807, 2.05) is 11.6 Å². The van der Waals surface area contributed by atoms with Crippen molar-refractivity contribution in [1.29, 1.82) is 0 Å². The summed E-state index contributed by atoms with van der Waals surface area (Å²) >= 11 is 1.68. The first-order chi connectivity index (χ1) is 9.61. The summed E-state index contributed by atoms with van der Waals surface area (Å²) in [5, 5.41) is 7.46. The van der Waals surface area contributed by atoms with E-state index in [2.05, 4.69) is 20.4 Å². The molecule has 0 bridgehead atoms. The monoisotopic (exact) mass is 291 g/mol. The van der Waals surface area contributed by atoms with Crippen molar-refractivity contribution in [3.05, 3.63) is 34.0 Å². The van der Waals surface area contributed by atoms with Gasteiger partial charge in [0.25, 0.3) is 5.91 Å². The molecule has 3 heterocycles. The molecule has 1 aliphatic heterocycles. The van der Waals surface area contributed by atoms with Crippen LogP contribution in [0.5, 0.6) is 0 Å². The zero-order valence-corrected chi connectivity index (χ0v) is 12.1. The third kappa shape index (κ3) is 2.73. The number of primary amides is 1. The standard InChI is InChI=1S/C13H17N5OS/c1-9-16-11(8-20-9)6-17-3-2-12(7-17)18-5-10(4-15-18)13(14)19/h4-5,8,12H,2-3,6-7H2,1H3,(H2,14,19). The number of hydrogen-bond donors (Lipinski definition) is 1. The maximum atomic E-state index is 11.1. The molecule has 20 heavy (non-hydrogen) atoms. The lowest BCUT2D eigenvalue weighted by Gasteiger charge is -2.14. The van der Waals surface area contributed by atoms with Crippen LogP contribution in [0.2, 0.25) is 0 Å². The number of amides is 1. The summed E-state index contributed by atoms with van der Waals surface area (Å²) in [7, 11) is 0. The Morgan fingerprint density at radius 2 is 2.45 bits per heavy atom. The molecule has 7 heteroatoms. The molecule has 1 atom stereocenters. The van der Waals surface area contributed by atoms with E-state index in [9.17, 15) is 4.79 Å². The van der Waals surface area contributed by atoms with Crippen molar-refractivity contribution in [3.63, 3.8) is 0 Å². The molecule has 0 aliphatic carbocycles. The highest BCUT2D eigenvalue weighted by Crippen LogP contribution is 2.23. The lowest BCUT2D eigenvalue weighted by Crippen LogP contribution is -2.21. The minimum atomic E-state index is -0.427. The van der Waals surface area contributed by atoms with Gasteiger partial charge in [0.15, 0.2) is 0 Å². The molecule has 0 saturated carbocycles. The van der Waals surface area contributed by atoms with Crippen LogP contribution in [0, 0.1) is 6.92 Å². The second kappa shape index (κ2) is 5.34. The Morgan fingerprint density at radius 1 is 1.60 bits per heavy atom. The summed E-state index contributed by atoms with van der Waals surface area (Å²) in [5.41, 5.74) is 6.85. The molecule has 2 N–H and O–H groups in total. The molecule has 0 spiro atoms. The number of hydrogen-bond acceptors (Lipinski definition) is 5. The van der Waals surface area contributed by atoms with Crippen LogP contribution in [0.4, 0.5) is 0 Å². The van der Waals surface area contributed by atoms with Gasteiger partial charge in [-0.25, -0.2) is 4.98 Å². The van der Waals surface area contributed by atoms with Crippen LogP contribution in [0.15, 0.2) is 17.8 Å². The minimum absolute atomic E-state index is 0.308. The Hall–Kier alpha value is -1.73. The Morgan fingerprint density at radius 3 is 3.10 bits per heavy atom. The summed E-state index contributed by atoms with van der Waals surface area (Å²) in [6, 6.07) is 0.308. The van der Waals surface area contributed by atoms with Gasteiger partial charge in [-0.05, 0) is 13.3 Å². The lowest BCUT2D eigenvalue weighted by molar-refractivity contribution is 0.1000. The van der Waals surface area contributed by atoms with Crippen molar-refractivity contribution in [2.45, 2.75) is 25.9 Å². The van der Waals surface area contributed by atoms with E-state index in [0.717, 1.165) is 36.8 Å². The van der Waals surface area contributed by atoms with E-state index >= 15 is 0 Å². The molecule has 1 fully saturated rings. The van der Waals surface area contributed by atoms with Crippen molar-refractivity contribution in [2.24, 2.45) is 5.73 Å². The third-order valence-electron chi connectivity index (χ3n) is 3.56. The Balaban J connectivity index is 1.62. The number of thiazole rings is 1. The zero-order chi connectivity index (χ0) is 14.1. The molecule has 106 valence electrons. The first-order valence-electron chi connectivity index (χ1n) is 6.59. The van der Waals surface area contributed by atoms with Gasteiger partial charge in [-0.2, -0.15) is 5.10 Å². The van der Waals surface area contributed by atoms with Gasteiger partial charge < -0.3 is 5.73 Å². The van der Waals surface area contributed by atoms with E-state index in [1.165, 1.54) is 6.20 Å². The normalized spacial score (nSPS) is 19.6. The molecule has 1 amide bonds. The Bertz CT molecular complexity index is 620. The molecule has 0 radical (unpaired) electrons. The molecule has 6 nitrogen and oxygen atoms in total. The number of nitrogens with two attached hydrogens (primary N) is 1. The van der Waals surface area contributed by atoms with E-state index in [4.69, 9.17) is 5.73 Å². The third-order valence-corrected chi connectivity index (χ3v) is 4.38. The molecule has 1 unspecified atom stereocenters. The van der Waals surface area contributed by atoms with Crippen LogP contribution >= 0.6 is 11.3 Å². The summed E-state index contributed by atoms with van der Waals surface area (Å²) in [5.74, 6) is -0.427. The van der Waals surface area contributed by atoms with Gasteiger partial charge in [-0.3, -0.25) is 14.4 Å². The van der Waals surface area contributed by atoms with Gasteiger partial charge >= 0.3 is 0 Å². The number of aromatic nitrogens is 3. The van der Waals surface area contributed by atoms with E-state index in [-0.39, 0.29) is 0 Å². The van der Waals surface area contributed by atoms with Crippen LogP contribution in [0.25, 0.3) is 0 Å². The topological polar surface area (TPSA) is 77.0 Å². The average molecular weight is 291 g/mol. The highest BCUT2D eigenvalue weighted by Gasteiger charge is 2.25. The smallest absolute Gasteiger partial charge is 0.251 e. The number of likely N-dealkylation sites (tertiary alicyclic amines) is 1. The fourth-order valence-corrected chi connectivity index (χ4v) is 3.15. The Kier molecular flexibility index (Phi) is 3.54. The quantitative estimate of drug-likeness (QED) is 0.918. The molecule has 1 saturated heterocycles. The average Bonchev–Trinajstić information content (AvgIpc) is 3.10. The number of nitrogens with zero attached hydrogens (tertiary/aromatic N) is 4. The van der Waals surface area contributed by atoms with E-state index in [1.54, 1.807) is 17.5 Å². The van der Waals surface area contributed by atoms with E-state index < -0.39 is 5.91 Å². The van der Waals surface area contributed by atoms with Crippen LogP contribution in [0.1, 0.15) is 33.5 Å². The van der Waals surface area contributed by atoms with Gasteiger partial charge in [0, 0.05) is 31.2 Å². The summed E-state index contributed by atoms with van der Waals surface area (Å²) < 4.78 is 1.85. The van der Waals surface area contributed by atoms with Crippen LogP contribution in [-0.2, 0) is 6.54 Å². The van der Waals surface area contributed by atoms with Gasteiger partial charge in [0.2, 0.25) is 0 Å². The number of rotatable bonds is 4. The van der Waals surface area contributed by atoms with E-state index in [0.29, 0.717) is 11.6 Å². The Labute approximate surface area is 121 Å². The fraction of sp³-hybridized carbons (Fsp3) is 0.462. The number of aryl methyl sites for hydroxylation is 1. The highest BCUT2D eigenvalue weighted by atomic mass is 32.1. The number of carbonyl (C=O) groups is 1. The SMILES string of the molecule is Cc1nc(CN2CCC(n3cc(C(N)=O)cn3)C2)cs1. The van der Waals surface area contributed by atoms with Crippen LogP contribution in [0.3, 0.4) is 0 Å². The molecule has 1 aliphatic rings. The number of carbonyl (C=O) groups excluding carboxylic acids is 1.